The van der Waals surface area contributed by atoms with E-state index in [9.17, 15) is 15.3 Å². The Kier molecular flexibility index (Phi) is 3.43. The molecule has 0 radical (unpaired) electrons. The van der Waals surface area contributed by atoms with Gasteiger partial charge in [0.25, 0.3) is 0 Å². The molecule has 0 amide bonds. The van der Waals surface area contributed by atoms with Crippen molar-refractivity contribution in [2.24, 2.45) is 10.8 Å². The molecule has 102 valence electrons. The van der Waals surface area contributed by atoms with E-state index in [1.165, 1.54) is 0 Å². The number of rotatable bonds is 1. The van der Waals surface area contributed by atoms with Gasteiger partial charge in [-0.3, -0.25) is 0 Å². The van der Waals surface area contributed by atoms with Crippen LogP contribution in [0.1, 0.15) is 39.5 Å². The second-order valence-corrected chi connectivity index (χ2v) is 6.43. The van der Waals surface area contributed by atoms with Crippen LogP contribution in [0.2, 0.25) is 0 Å². The molecule has 3 N–H and O–H groups in total. The minimum atomic E-state index is -0.817. The minimum absolute atomic E-state index is 0.0831. The van der Waals surface area contributed by atoms with Crippen LogP contribution >= 0.6 is 0 Å². The van der Waals surface area contributed by atoms with Gasteiger partial charge in [-0.05, 0) is 42.2 Å². The Hall–Kier alpha value is -0.640. The fourth-order valence-electron chi connectivity index (χ4n) is 3.73. The largest absolute Gasteiger partial charge is 0.392 e. The van der Waals surface area contributed by atoms with Crippen molar-refractivity contribution in [2.45, 2.75) is 51.7 Å². The van der Waals surface area contributed by atoms with Crippen LogP contribution in [-0.4, -0.2) is 34.1 Å². The second-order valence-electron chi connectivity index (χ2n) is 6.43. The molecule has 2 aliphatic rings. The molecule has 0 bridgehead atoms. The van der Waals surface area contributed by atoms with Crippen molar-refractivity contribution in [1.29, 1.82) is 0 Å². The first-order chi connectivity index (χ1) is 8.34. The van der Waals surface area contributed by atoms with Gasteiger partial charge < -0.3 is 15.3 Å². The van der Waals surface area contributed by atoms with Gasteiger partial charge in [0, 0.05) is 5.41 Å². The molecule has 2 aliphatic carbocycles. The van der Waals surface area contributed by atoms with Crippen molar-refractivity contribution >= 4 is 0 Å². The SMILES string of the molecule is C=C1C(O)C(O)CC(C)(C)C12CC=C(CO)CC2. The quantitative estimate of drug-likeness (QED) is 0.623. The van der Waals surface area contributed by atoms with Crippen LogP contribution in [-0.2, 0) is 0 Å². The second kappa shape index (κ2) is 4.48. The summed E-state index contributed by atoms with van der Waals surface area (Å²) in [7, 11) is 0. The van der Waals surface area contributed by atoms with E-state index in [-0.39, 0.29) is 17.4 Å². The van der Waals surface area contributed by atoms with Gasteiger partial charge in [-0.25, -0.2) is 0 Å². The molecule has 0 saturated heterocycles. The molecule has 0 heterocycles. The van der Waals surface area contributed by atoms with Crippen molar-refractivity contribution in [3.63, 3.8) is 0 Å². The molecule has 1 saturated carbocycles. The first kappa shape index (κ1) is 13.8. The predicted octanol–water partition coefficient (Wildman–Crippen LogP) is 1.78. The molecule has 3 nitrogen and oxygen atoms in total. The highest BCUT2D eigenvalue weighted by Gasteiger charge is 2.54. The zero-order valence-corrected chi connectivity index (χ0v) is 11.3. The molecule has 3 unspecified atom stereocenters. The van der Waals surface area contributed by atoms with Crippen molar-refractivity contribution in [2.75, 3.05) is 6.61 Å². The highest BCUT2D eigenvalue weighted by Crippen LogP contribution is 2.59. The molecule has 0 aromatic heterocycles. The van der Waals surface area contributed by atoms with E-state index in [1.807, 2.05) is 0 Å². The van der Waals surface area contributed by atoms with Crippen LogP contribution in [0.25, 0.3) is 0 Å². The Morgan fingerprint density at radius 3 is 2.56 bits per heavy atom. The smallest absolute Gasteiger partial charge is 0.101 e. The molecule has 1 spiro atoms. The third-order valence-electron chi connectivity index (χ3n) is 5.17. The van der Waals surface area contributed by atoms with E-state index in [0.29, 0.717) is 6.42 Å². The Morgan fingerprint density at radius 2 is 2.06 bits per heavy atom. The van der Waals surface area contributed by atoms with Gasteiger partial charge in [0.2, 0.25) is 0 Å². The topological polar surface area (TPSA) is 60.7 Å². The Balaban J connectivity index is 2.35. The summed E-state index contributed by atoms with van der Waals surface area (Å²) in [5.41, 5.74) is 1.61. The zero-order chi connectivity index (χ0) is 13.6. The van der Waals surface area contributed by atoms with Gasteiger partial charge >= 0.3 is 0 Å². The van der Waals surface area contributed by atoms with Crippen LogP contribution in [0.5, 0.6) is 0 Å². The van der Waals surface area contributed by atoms with Crippen LogP contribution < -0.4 is 0 Å². The van der Waals surface area contributed by atoms with Gasteiger partial charge in [-0.1, -0.05) is 26.5 Å². The Labute approximate surface area is 109 Å². The summed E-state index contributed by atoms with van der Waals surface area (Å²) in [6, 6.07) is 0. The number of aliphatic hydroxyl groups is 3. The van der Waals surface area contributed by atoms with E-state index in [4.69, 9.17) is 0 Å². The normalized spacial score (nSPS) is 39.8. The van der Waals surface area contributed by atoms with Crippen LogP contribution in [0.4, 0.5) is 0 Å². The molecular weight excluding hydrogens is 228 g/mol. The predicted molar refractivity (Wildman–Crippen MR) is 71.0 cm³/mol. The molecule has 3 heteroatoms. The fourth-order valence-corrected chi connectivity index (χ4v) is 3.73. The number of aliphatic hydroxyl groups excluding tert-OH is 3. The lowest BCUT2D eigenvalue weighted by Gasteiger charge is -2.56. The molecule has 0 aromatic carbocycles. The maximum absolute atomic E-state index is 10.1. The van der Waals surface area contributed by atoms with E-state index >= 15 is 0 Å². The monoisotopic (exact) mass is 252 g/mol. The molecule has 0 aliphatic heterocycles. The lowest BCUT2D eigenvalue weighted by molar-refractivity contribution is -0.0757. The molecule has 18 heavy (non-hydrogen) atoms. The molecule has 1 fully saturated rings. The van der Waals surface area contributed by atoms with E-state index in [1.54, 1.807) is 0 Å². The van der Waals surface area contributed by atoms with Crippen molar-refractivity contribution < 1.29 is 15.3 Å². The van der Waals surface area contributed by atoms with Gasteiger partial charge in [0.1, 0.15) is 6.10 Å². The molecule has 2 rings (SSSR count). The first-order valence-electron chi connectivity index (χ1n) is 6.68. The van der Waals surface area contributed by atoms with Gasteiger partial charge in [-0.2, -0.15) is 0 Å². The summed E-state index contributed by atoms with van der Waals surface area (Å²) in [6.07, 6.45) is 3.70. The van der Waals surface area contributed by atoms with E-state index in [0.717, 1.165) is 30.4 Å². The maximum atomic E-state index is 10.1. The minimum Gasteiger partial charge on any atom is -0.392 e. The van der Waals surface area contributed by atoms with Crippen LogP contribution in [0, 0.1) is 10.8 Å². The number of hydrogen-bond acceptors (Lipinski definition) is 3. The third kappa shape index (κ3) is 1.85. The third-order valence-corrected chi connectivity index (χ3v) is 5.17. The first-order valence-corrected chi connectivity index (χ1v) is 6.68. The summed E-state index contributed by atoms with van der Waals surface area (Å²) in [5, 5.41) is 29.2. The van der Waals surface area contributed by atoms with Gasteiger partial charge in [0.05, 0.1) is 12.7 Å². The lowest BCUT2D eigenvalue weighted by atomic mass is 9.50. The summed E-state index contributed by atoms with van der Waals surface area (Å²) < 4.78 is 0. The van der Waals surface area contributed by atoms with E-state index in [2.05, 4.69) is 26.5 Å². The van der Waals surface area contributed by atoms with Crippen molar-refractivity contribution in [1.82, 2.24) is 0 Å². The van der Waals surface area contributed by atoms with Gasteiger partial charge in [0.15, 0.2) is 0 Å². The lowest BCUT2D eigenvalue weighted by Crippen LogP contribution is -2.53. The highest BCUT2D eigenvalue weighted by atomic mass is 16.3. The van der Waals surface area contributed by atoms with Gasteiger partial charge in [-0.15, -0.1) is 0 Å². The van der Waals surface area contributed by atoms with Crippen molar-refractivity contribution in [3.05, 3.63) is 23.8 Å². The Morgan fingerprint density at radius 1 is 1.39 bits per heavy atom. The number of hydrogen-bond donors (Lipinski definition) is 3. The van der Waals surface area contributed by atoms with Crippen LogP contribution in [0.3, 0.4) is 0 Å². The summed E-state index contributed by atoms with van der Waals surface area (Å²) >= 11 is 0. The standard InChI is InChI=1S/C15H24O3/c1-10-13(18)12(17)8-14(2,3)15(10)6-4-11(9-16)5-7-15/h4,12-13,16-18H,1,5-9H2,2-3H3. The summed E-state index contributed by atoms with van der Waals surface area (Å²) in [6.45, 7) is 8.47. The van der Waals surface area contributed by atoms with Crippen molar-refractivity contribution in [3.8, 4) is 0 Å². The average molecular weight is 252 g/mol. The number of allylic oxidation sites excluding steroid dienone is 1. The Bertz CT molecular complexity index is 383. The highest BCUT2D eigenvalue weighted by molar-refractivity contribution is 5.29. The summed E-state index contributed by atoms with van der Waals surface area (Å²) in [5.74, 6) is 0. The van der Waals surface area contributed by atoms with E-state index < -0.39 is 12.2 Å². The molecule has 3 atom stereocenters. The average Bonchev–Trinajstić information content (AvgIpc) is 2.34. The maximum Gasteiger partial charge on any atom is 0.101 e. The fraction of sp³-hybridized carbons (Fsp3) is 0.733. The zero-order valence-electron chi connectivity index (χ0n) is 11.3. The summed E-state index contributed by atoms with van der Waals surface area (Å²) in [4.78, 5) is 0. The van der Waals surface area contributed by atoms with Crippen LogP contribution in [0.15, 0.2) is 23.8 Å². The molecule has 0 aromatic rings. The molecular formula is C15H24O3.